The molecule has 9 nitrogen and oxygen atoms in total. The van der Waals surface area contributed by atoms with Crippen molar-refractivity contribution < 1.29 is 9.72 Å². The number of anilines is 1. The lowest BCUT2D eigenvalue weighted by atomic mass is 9.50. The molecule has 4 bridgehead atoms. The largest absolute Gasteiger partial charge is 0.300 e. The molecule has 7 rings (SSSR count). The second kappa shape index (κ2) is 7.19. The highest BCUT2D eigenvalue weighted by molar-refractivity contribution is 7.15. The standard InChI is InChI=1S/C22H22N6O3S/c29-19(16-1-2-17(18(8-16)28(30)31)27-4-3-23-12-27)24-21-26-25-20(32-21)22-9-13-5-14(10-22)7-15(6-13)11-22/h1-4,8,12-15H,5-7,9-11H2,(H,24,26,29). The fourth-order valence-electron chi connectivity index (χ4n) is 6.46. The van der Waals surface area contributed by atoms with Crippen molar-refractivity contribution in [3.05, 3.63) is 57.6 Å². The molecule has 0 aliphatic heterocycles. The van der Waals surface area contributed by atoms with Gasteiger partial charge >= 0.3 is 0 Å². The lowest BCUT2D eigenvalue weighted by molar-refractivity contribution is -0.384. The zero-order valence-corrected chi connectivity index (χ0v) is 18.1. The Labute approximate surface area is 188 Å². The molecule has 1 aromatic carbocycles. The summed E-state index contributed by atoms with van der Waals surface area (Å²) in [7, 11) is 0. The third kappa shape index (κ3) is 3.21. The van der Waals surface area contributed by atoms with Gasteiger partial charge in [-0.2, -0.15) is 0 Å². The Morgan fingerprint density at radius 1 is 1.16 bits per heavy atom. The van der Waals surface area contributed by atoms with Crippen molar-refractivity contribution in [3.63, 3.8) is 0 Å². The third-order valence-electron chi connectivity index (χ3n) is 7.35. The van der Waals surface area contributed by atoms with Crippen LogP contribution >= 0.6 is 11.3 Å². The molecule has 0 spiro atoms. The van der Waals surface area contributed by atoms with Crippen LogP contribution in [-0.4, -0.2) is 30.6 Å². The number of rotatable bonds is 5. The van der Waals surface area contributed by atoms with Crippen LogP contribution in [0.25, 0.3) is 5.69 Å². The van der Waals surface area contributed by atoms with E-state index >= 15 is 0 Å². The van der Waals surface area contributed by atoms with Crippen LogP contribution in [0.15, 0.2) is 36.9 Å². The van der Waals surface area contributed by atoms with E-state index < -0.39 is 10.8 Å². The Bertz CT molecular complexity index is 1170. The molecule has 4 fully saturated rings. The summed E-state index contributed by atoms with van der Waals surface area (Å²) in [6, 6.07) is 4.40. The topological polar surface area (TPSA) is 116 Å². The van der Waals surface area contributed by atoms with Crippen molar-refractivity contribution in [3.8, 4) is 5.69 Å². The van der Waals surface area contributed by atoms with Crippen LogP contribution in [0.5, 0.6) is 0 Å². The minimum absolute atomic E-state index is 0.126. The monoisotopic (exact) mass is 450 g/mol. The van der Waals surface area contributed by atoms with Gasteiger partial charge in [0.15, 0.2) is 0 Å². The van der Waals surface area contributed by atoms with Gasteiger partial charge in [-0.3, -0.25) is 20.2 Å². The minimum atomic E-state index is -0.498. The van der Waals surface area contributed by atoms with E-state index in [0.717, 1.165) is 22.8 Å². The van der Waals surface area contributed by atoms with Gasteiger partial charge in [0.05, 0.1) is 11.3 Å². The average molecular weight is 451 g/mol. The van der Waals surface area contributed by atoms with Gasteiger partial charge in [0.25, 0.3) is 11.6 Å². The summed E-state index contributed by atoms with van der Waals surface area (Å²) in [6.07, 6.45) is 12.3. The lowest BCUT2D eigenvalue weighted by Gasteiger charge is -2.55. The van der Waals surface area contributed by atoms with Gasteiger partial charge in [0, 0.05) is 29.4 Å². The molecule has 0 unspecified atom stereocenters. The van der Waals surface area contributed by atoms with Crippen LogP contribution in [-0.2, 0) is 5.41 Å². The van der Waals surface area contributed by atoms with Crippen LogP contribution in [0, 0.1) is 27.9 Å². The number of nitrogens with one attached hydrogen (secondary N) is 1. The predicted molar refractivity (Wildman–Crippen MR) is 118 cm³/mol. The highest BCUT2D eigenvalue weighted by Crippen LogP contribution is 2.61. The van der Waals surface area contributed by atoms with Crippen molar-refractivity contribution in [1.82, 2.24) is 19.7 Å². The number of aromatic nitrogens is 4. The van der Waals surface area contributed by atoms with E-state index in [-0.39, 0.29) is 16.7 Å². The van der Waals surface area contributed by atoms with Crippen LogP contribution in [0.1, 0.15) is 53.9 Å². The molecule has 1 N–H and O–H groups in total. The zero-order valence-electron chi connectivity index (χ0n) is 17.3. The van der Waals surface area contributed by atoms with Gasteiger partial charge in [0.2, 0.25) is 5.13 Å². The van der Waals surface area contributed by atoms with E-state index in [0.29, 0.717) is 10.8 Å². The number of nitro groups is 1. The number of benzene rings is 1. The van der Waals surface area contributed by atoms with Gasteiger partial charge in [0.1, 0.15) is 10.7 Å². The first kappa shape index (κ1) is 19.5. The van der Waals surface area contributed by atoms with E-state index in [2.05, 4.69) is 20.5 Å². The number of imidazole rings is 1. The summed E-state index contributed by atoms with van der Waals surface area (Å²) in [6.45, 7) is 0. The molecule has 0 atom stereocenters. The van der Waals surface area contributed by atoms with Crippen molar-refractivity contribution >= 4 is 28.1 Å². The van der Waals surface area contributed by atoms with Crippen LogP contribution in [0.4, 0.5) is 10.8 Å². The number of nitro benzene ring substituents is 1. The van der Waals surface area contributed by atoms with E-state index in [4.69, 9.17) is 0 Å². The summed E-state index contributed by atoms with van der Waals surface area (Å²) in [5, 5.41) is 24.6. The quantitative estimate of drug-likeness (QED) is 0.456. The molecule has 10 heteroatoms. The summed E-state index contributed by atoms with van der Waals surface area (Å²) in [4.78, 5) is 27.8. The maximum Gasteiger partial charge on any atom is 0.294 e. The van der Waals surface area contributed by atoms with E-state index in [1.807, 2.05) is 0 Å². The van der Waals surface area contributed by atoms with Crippen LogP contribution < -0.4 is 5.32 Å². The lowest BCUT2D eigenvalue weighted by Crippen LogP contribution is -2.48. The summed E-state index contributed by atoms with van der Waals surface area (Å²) in [5.41, 5.74) is 0.513. The summed E-state index contributed by atoms with van der Waals surface area (Å²) >= 11 is 1.46. The molecule has 0 saturated heterocycles. The van der Waals surface area contributed by atoms with Gasteiger partial charge < -0.3 is 4.57 Å². The number of nitrogens with zero attached hydrogens (tertiary/aromatic N) is 5. The SMILES string of the molecule is O=C(Nc1nnc(C23CC4CC(CC(C4)C2)C3)s1)c1ccc(-n2ccnc2)c([N+](=O)[O-])c1. The first-order chi connectivity index (χ1) is 15.5. The predicted octanol–water partition coefficient (Wildman–Crippen LogP) is 4.35. The minimum Gasteiger partial charge on any atom is -0.300 e. The number of hydrogen-bond acceptors (Lipinski definition) is 7. The molecular weight excluding hydrogens is 428 g/mol. The van der Waals surface area contributed by atoms with Crippen molar-refractivity contribution in [2.45, 2.75) is 43.9 Å². The molecule has 3 aromatic rings. The molecule has 4 aliphatic rings. The Hall–Kier alpha value is -3.14. The molecule has 4 aliphatic carbocycles. The Balaban J connectivity index is 1.23. The molecule has 164 valence electrons. The van der Waals surface area contributed by atoms with Crippen molar-refractivity contribution in [2.75, 3.05) is 5.32 Å². The van der Waals surface area contributed by atoms with Crippen molar-refractivity contribution in [2.24, 2.45) is 17.8 Å². The second-order valence-corrected chi connectivity index (χ2v) is 10.5. The number of amides is 1. The Morgan fingerprint density at radius 2 is 1.88 bits per heavy atom. The molecular formula is C22H22N6O3S. The van der Waals surface area contributed by atoms with Gasteiger partial charge in [-0.1, -0.05) is 11.3 Å². The molecule has 2 aromatic heterocycles. The molecule has 0 radical (unpaired) electrons. The van der Waals surface area contributed by atoms with Gasteiger partial charge in [-0.25, -0.2) is 4.98 Å². The summed E-state index contributed by atoms with van der Waals surface area (Å²) in [5.74, 6) is 1.98. The van der Waals surface area contributed by atoms with Crippen molar-refractivity contribution in [1.29, 1.82) is 0 Å². The fourth-order valence-corrected chi connectivity index (χ4v) is 7.42. The molecule has 32 heavy (non-hydrogen) atoms. The van der Waals surface area contributed by atoms with Crippen LogP contribution in [0.3, 0.4) is 0 Å². The first-order valence-electron chi connectivity index (χ1n) is 10.9. The Kier molecular flexibility index (Phi) is 4.39. The average Bonchev–Trinajstić information content (AvgIpc) is 3.45. The zero-order chi connectivity index (χ0) is 21.9. The van der Waals surface area contributed by atoms with E-state index in [1.54, 1.807) is 29.1 Å². The van der Waals surface area contributed by atoms with Crippen LogP contribution in [0.2, 0.25) is 0 Å². The third-order valence-corrected chi connectivity index (χ3v) is 8.44. The molecule has 1 amide bonds. The van der Waals surface area contributed by atoms with E-state index in [1.165, 1.54) is 62.3 Å². The highest BCUT2D eigenvalue weighted by atomic mass is 32.1. The summed E-state index contributed by atoms with van der Waals surface area (Å²) < 4.78 is 1.54. The number of carbonyl (C=O) groups is 1. The number of hydrogen-bond donors (Lipinski definition) is 1. The number of carbonyl (C=O) groups excluding carboxylic acids is 1. The maximum atomic E-state index is 12.8. The maximum absolute atomic E-state index is 12.8. The smallest absolute Gasteiger partial charge is 0.294 e. The fraction of sp³-hybridized carbons (Fsp3) is 0.455. The van der Waals surface area contributed by atoms with Gasteiger partial charge in [-0.15, -0.1) is 10.2 Å². The second-order valence-electron chi connectivity index (χ2n) is 9.49. The molecule has 4 saturated carbocycles. The highest BCUT2D eigenvalue weighted by Gasteiger charge is 2.53. The Morgan fingerprint density at radius 3 is 2.50 bits per heavy atom. The van der Waals surface area contributed by atoms with Gasteiger partial charge in [-0.05, 0) is 68.4 Å². The first-order valence-corrected chi connectivity index (χ1v) is 11.7. The molecule has 2 heterocycles. The van der Waals surface area contributed by atoms with E-state index in [9.17, 15) is 14.9 Å². The normalized spacial score (nSPS) is 28.1.